The predicted octanol–water partition coefficient (Wildman–Crippen LogP) is 2.02. The van der Waals surface area contributed by atoms with Gasteiger partial charge in [-0.05, 0) is 38.6 Å². The van der Waals surface area contributed by atoms with Crippen molar-refractivity contribution in [3.63, 3.8) is 0 Å². The second-order valence-electron chi connectivity index (χ2n) is 5.88. The summed E-state index contributed by atoms with van der Waals surface area (Å²) in [7, 11) is 0. The first-order valence-electron chi connectivity index (χ1n) is 7.34. The largest absolute Gasteiger partial charge is 0.378 e. The minimum absolute atomic E-state index is 0.542. The zero-order valence-corrected chi connectivity index (χ0v) is 11.5. The van der Waals surface area contributed by atoms with Crippen LogP contribution < -0.4 is 5.32 Å². The molecule has 0 aromatic heterocycles. The fourth-order valence-electron chi connectivity index (χ4n) is 3.00. The molecule has 17 heavy (non-hydrogen) atoms. The Hall–Kier alpha value is -0.120. The van der Waals surface area contributed by atoms with E-state index < -0.39 is 0 Å². The first kappa shape index (κ1) is 13.3. The summed E-state index contributed by atoms with van der Waals surface area (Å²) in [6.45, 7) is 9.17. The Morgan fingerprint density at radius 2 is 2.18 bits per heavy atom. The third-order valence-electron chi connectivity index (χ3n) is 3.88. The molecule has 0 aromatic rings. The molecule has 2 rings (SSSR count). The Labute approximate surface area is 106 Å². The van der Waals surface area contributed by atoms with Gasteiger partial charge in [-0.1, -0.05) is 13.8 Å². The van der Waals surface area contributed by atoms with E-state index in [2.05, 4.69) is 24.1 Å². The first-order valence-corrected chi connectivity index (χ1v) is 7.34. The topological polar surface area (TPSA) is 24.5 Å². The number of likely N-dealkylation sites (tertiary alicyclic amines) is 1. The highest BCUT2D eigenvalue weighted by molar-refractivity contribution is 4.82. The normalized spacial score (nSPS) is 31.2. The van der Waals surface area contributed by atoms with Crippen molar-refractivity contribution in [3.8, 4) is 0 Å². The zero-order valence-electron chi connectivity index (χ0n) is 11.5. The molecule has 3 nitrogen and oxygen atoms in total. The predicted molar refractivity (Wildman–Crippen MR) is 71.3 cm³/mol. The van der Waals surface area contributed by atoms with Crippen LogP contribution in [0.2, 0.25) is 0 Å². The van der Waals surface area contributed by atoms with Crippen LogP contribution in [-0.4, -0.2) is 49.3 Å². The van der Waals surface area contributed by atoms with Crippen LogP contribution in [0, 0.1) is 0 Å². The van der Waals surface area contributed by atoms with Gasteiger partial charge in [0.05, 0.1) is 6.10 Å². The number of nitrogens with zero attached hydrogens (tertiary/aromatic N) is 1. The van der Waals surface area contributed by atoms with E-state index in [4.69, 9.17) is 4.74 Å². The van der Waals surface area contributed by atoms with Crippen molar-refractivity contribution in [2.75, 3.05) is 26.2 Å². The molecule has 0 bridgehead atoms. The van der Waals surface area contributed by atoms with Crippen molar-refractivity contribution in [1.82, 2.24) is 10.2 Å². The van der Waals surface area contributed by atoms with Crippen molar-refractivity contribution >= 4 is 0 Å². The summed E-state index contributed by atoms with van der Waals surface area (Å²) in [5.41, 5.74) is 0. The highest BCUT2D eigenvalue weighted by atomic mass is 16.5. The summed E-state index contributed by atoms with van der Waals surface area (Å²) < 4.78 is 5.79. The Morgan fingerprint density at radius 1 is 1.29 bits per heavy atom. The maximum atomic E-state index is 5.79. The molecule has 2 aliphatic rings. The van der Waals surface area contributed by atoms with E-state index in [0.717, 1.165) is 6.61 Å². The molecule has 100 valence electrons. The number of hydrogen-bond acceptors (Lipinski definition) is 3. The van der Waals surface area contributed by atoms with Crippen molar-refractivity contribution < 1.29 is 4.74 Å². The summed E-state index contributed by atoms with van der Waals surface area (Å²) in [6, 6.07) is 1.32. The molecule has 0 aromatic carbocycles. The second-order valence-corrected chi connectivity index (χ2v) is 5.88. The van der Waals surface area contributed by atoms with Crippen LogP contribution in [0.4, 0.5) is 0 Å². The number of nitrogens with one attached hydrogen (secondary N) is 1. The Bertz CT molecular complexity index is 214. The van der Waals surface area contributed by atoms with Gasteiger partial charge in [0.15, 0.2) is 0 Å². The van der Waals surface area contributed by atoms with Gasteiger partial charge in [0.1, 0.15) is 0 Å². The summed E-state index contributed by atoms with van der Waals surface area (Å²) in [6.07, 6.45) is 6.99. The summed E-state index contributed by atoms with van der Waals surface area (Å²) in [4.78, 5) is 2.60. The third kappa shape index (κ3) is 4.57. The molecule has 2 saturated heterocycles. The van der Waals surface area contributed by atoms with Crippen LogP contribution in [-0.2, 0) is 4.74 Å². The lowest BCUT2D eigenvalue weighted by Gasteiger charge is -2.25. The van der Waals surface area contributed by atoms with Gasteiger partial charge in [-0.15, -0.1) is 0 Å². The lowest BCUT2D eigenvalue weighted by molar-refractivity contribution is 0.00655. The highest BCUT2D eigenvalue weighted by Crippen LogP contribution is 2.17. The lowest BCUT2D eigenvalue weighted by atomic mass is 10.1. The maximum Gasteiger partial charge on any atom is 0.0587 e. The third-order valence-corrected chi connectivity index (χ3v) is 3.88. The maximum absolute atomic E-state index is 5.79. The lowest BCUT2D eigenvalue weighted by Crippen LogP contribution is -2.37. The second kappa shape index (κ2) is 6.72. The van der Waals surface area contributed by atoms with E-state index in [-0.39, 0.29) is 0 Å². The first-order chi connectivity index (χ1) is 8.24. The van der Waals surface area contributed by atoms with Gasteiger partial charge < -0.3 is 15.0 Å². The monoisotopic (exact) mass is 240 g/mol. The van der Waals surface area contributed by atoms with E-state index in [1.54, 1.807) is 0 Å². The minimum Gasteiger partial charge on any atom is -0.378 e. The van der Waals surface area contributed by atoms with Gasteiger partial charge in [-0.3, -0.25) is 0 Å². The van der Waals surface area contributed by atoms with Gasteiger partial charge in [0.2, 0.25) is 0 Å². The molecular formula is C14H28N2O. The molecule has 2 heterocycles. The van der Waals surface area contributed by atoms with Crippen LogP contribution >= 0.6 is 0 Å². The molecule has 1 N–H and O–H groups in total. The number of ether oxygens (including phenoxy) is 1. The Kier molecular flexibility index (Phi) is 5.26. The fraction of sp³-hybridized carbons (Fsp3) is 1.00. The van der Waals surface area contributed by atoms with Crippen LogP contribution in [0.25, 0.3) is 0 Å². The molecule has 0 spiro atoms. The number of hydrogen-bond donors (Lipinski definition) is 1. The van der Waals surface area contributed by atoms with Crippen molar-refractivity contribution in [2.24, 2.45) is 0 Å². The minimum atomic E-state index is 0.542. The van der Waals surface area contributed by atoms with Crippen molar-refractivity contribution in [2.45, 2.75) is 64.1 Å². The zero-order chi connectivity index (χ0) is 12.1. The van der Waals surface area contributed by atoms with E-state index in [0.29, 0.717) is 18.2 Å². The standard InChI is InChI=1S/C14H28N2O/c1-12(2)15-13-6-8-16(11-13)9-7-14-5-3-4-10-17-14/h12-15H,3-11H2,1-2H3. The summed E-state index contributed by atoms with van der Waals surface area (Å²) in [5, 5.41) is 3.64. The molecule has 0 saturated carbocycles. The van der Waals surface area contributed by atoms with Crippen molar-refractivity contribution in [3.05, 3.63) is 0 Å². The molecule has 2 aliphatic heterocycles. The van der Waals surface area contributed by atoms with Crippen LogP contribution in [0.15, 0.2) is 0 Å². The molecule has 2 unspecified atom stereocenters. The molecule has 0 aliphatic carbocycles. The molecule has 2 fully saturated rings. The quantitative estimate of drug-likeness (QED) is 0.795. The van der Waals surface area contributed by atoms with E-state index in [9.17, 15) is 0 Å². The Balaban J connectivity index is 1.60. The van der Waals surface area contributed by atoms with Crippen LogP contribution in [0.3, 0.4) is 0 Å². The van der Waals surface area contributed by atoms with Crippen LogP contribution in [0.1, 0.15) is 46.0 Å². The molecule has 0 radical (unpaired) electrons. The summed E-state index contributed by atoms with van der Waals surface area (Å²) >= 11 is 0. The Morgan fingerprint density at radius 3 is 2.88 bits per heavy atom. The average molecular weight is 240 g/mol. The highest BCUT2D eigenvalue weighted by Gasteiger charge is 2.23. The average Bonchev–Trinajstić information content (AvgIpc) is 2.75. The van der Waals surface area contributed by atoms with Crippen LogP contribution in [0.5, 0.6) is 0 Å². The van der Waals surface area contributed by atoms with Gasteiger partial charge in [0.25, 0.3) is 0 Å². The van der Waals surface area contributed by atoms with Gasteiger partial charge in [-0.2, -0.15) is 0 Å². The molecular weight excluding hydrogens is 212 g/mol. The van der Waals surface area contributed by atoms with E-state index >= 15 is 0 Å². The summed E-state index contributed by atoms with van der Waals surface area (Å²) in [5.74, 6) is 0. The molecule has 2 atom stereocenters. The smallest absolute Gasteiger partial charge is 0.0587 e. The molecule has 0 amide bonds. The van der Waals surface area contributed by atoms with Gasteiger partial charge in [0, 0.05) is 31.8 Å². The van der Waals surface area contributed by atoms with Crippen molar-refractivity contribution in [1.29, 1.82) is 0 Å². The van der Waals surface area contributed by atoms with Gasteiger partial charge >= 0.3 is 0 Å². The van der Waals surface area contributed by atoms with Gasteiger partial charge in [-0.25, -0.2) is 0 Å². The fourth-order valence-corrected chi connectivity index (χ4v) is 3.00. The molecule has 3 heteroatoms. The van der Waals surface area contributed by atoms with E-state index in [1.165, 1.54) is 51.7 Å². The SMILES string of the molecule is CC(C)NC1CCN(CCC2CCCCO2)C1. The van der Waals surface area contributed by atoms with E-state index in [1.807, 2.05) is 0 Å². The number of rotatable bonds is 5.